The molecule has 88 valence electrons. The fourth-order valence-corrected chi connectivity index (χ4v) is 6.51. The van der Waals surface area contributed by atoms with Crippen LogP contribution < -0.4 is 0 Å². The van der Waals surface area contributed by atoms with Gasteiger partial charge >= 0.3 is 8.56 Å². The van der Waals surface area contributed by atoms with Gasteiger partial charge in [-0.1, -0.05) is 24.3 Å². The van der Waals surface area contributed by atoms with Crippen LogP contribution in [-0.2, 0) is 8.85 Å². The molecule has 1 heterocycles. The third kappa shape index (κ3) is 1.81. The second-order valence-electron chi connectivity index (χ2n) is 5.34. The average molecular weight is 236 g/mol. The van der Waals surface area contributed by atoms with E-state index in [-0.39, 0.29) is 0 Å². The van der Waals surface area contributed by atoms with Crippen molar-refractivity contribution in [1.82, 2.24) is 0 Å². The summed E-state index contributed by atoms with van der Waals surface area (Å²) in [6, 6.07) is 0. The zero-order valence-electron chi connectivity index (χ0n) is 9.89. The van der Waals surface area contributed by atoms with Gasteiger partial charge in [0.2, 0.25) is 0 Å². The summed E-state index contributed by atoms with van der Waals surface area (Å²) in [4.78, 5) is 0. The van der Waals surface area contributed by atoms with Crippen molar-refractivity contribution in [2.45, 2.75) is 31.4 Å². The lowest BCUT2D eigenvalue weighted by Crippen LogP contribution is -2.48. The SMILES string of the molecule is C[Si]1(C2CC3C=CC2CC3)OCC=CCO1. The van der Waals surface area contributed by atoms with Gasteiger partial charge in [-0.25, -0.2) is 0 Å². The molecule has 0 N–H and O–H groups in total. The molecule has 3 heteroatoms. The summed E-state index contributed by atoms with van der Waals surface area (Å²) in [6.45, 7) is 3.76. The Morgan fingerprint density at radius 3 is 2.31 bits per heavy atom. The molecule has 0 aromatic carbocycles. The van der Waals surface area contributed by atoms with Gasteiger partial charge in [0.05, 0.1) is 13.2 Å². The molecule has 0 radical (unpaired) electrons. The number of allylic oxidation sites excluding steroid dienone is 2. The van der Waals surface area contributed by atoms with Crippen LogP contribution in [0.15, 0.2) is 24.3 Å². The van der Waals surface area contributed by atoms with Crippen molar-refractivity contribution in [3.63, 3.8) is 0 Å². The summed E-state index contributed by atoms with van der Waals surface area (Å²) in [5.41, 5.74) is 0.677. The van der Waals surface area contributed by atoms with E-state index in [2.05, 4.69) is 30.9 Å². The summed E-state index contributed by atoms with van der Waals surface area (Å²) < 4.78 is 12.2. The zero-order valence-corrected chi connectivity index (χ0v) is 10.9. The van der Waals surface area contributed by atoms with Gasteiger partial charge in [-0.2, -0.15) is 0 Å². The molecule has 0 saturated heterocycles. The molecule has 3 aliphatic carbocycles. The van der Waals surface area contributed by atoms with Crippen molar-refractivity contribution in [3.8, 4) is 0 Å². The Hall–Kier alpha value is -0.383. The highest BCUT2D eigenvalue weighted by Crippen LogP contribution is 2.49. The minimum absolute atomic E-state index is 0.677. The van der Waals surface area contributed by atoms with Gasteiger partial charge in [0.1, 0.15) is 0 Å². The van der Waals surface area contributed by atoms with E-state index in [0.717, 1.165) is 25.0 Å². The second kappa shape index (κ2) is 4.13. The van der Waals surface area contributed by atoms with E-state index in [0.29, 0.717) is 5.54 Å². The zero-order chi connectivity index (χ0) is 11.0. The maximum absolute atomic E-state index is 6.08. The lowest BCUT2D eigenvalue weighted by molar-refractivity contribution is 0.174. The lowest BCUT2D eigenvalue weighted by atomic mass is 9.76. The van der Waals surface area contributed by atoms with E-state index >= 15 is 0 Å². The second-order valence-corrected chi connectivity index (χ2v) is 8.69. The van der Waals surface area contributed by atoms with Gasteiger partial charge in [-0.3, -0.25) is 0 Å². The minimum Gasteiger partial charge on any atom is -0.390 e. The van der Waals surface area contributed by atoms with Crippen LogP contribution in [0.5, 0.6) is 0 Å². The van der Waals surface area contributed by atoms with Crippen LogP contribution in [0.1, 0.15) is 19.3 Å². The first-order valence-electron chi connectivity index (χ1n) is 6.39. The summed E-state index contributed by atoms with van der Waals surface area (Å²) in [6.07, 6.45) is 13.0. The average Bonchev–Trinajstić information content (AvgIpc) is 2.57. The maximum Gasteiger partial charge on any atom is 0.339 e. The van der Waals surface area contributed by atoms with Crippen LogP contribution >= 0.6 is 0 Å². The molecular formula is C13H20O2Si. The van der Waals surface area contributed by atoms with Crippen molar-refractivity contribution >= 4 is 8.56 Å². The molecule has 0 aromatic heterocycles. The molecule has 2 nitrogen and oxygen atoms in total. The van der Waals surface area contributed by atoms with Gasteiger partial charge in [0, 0.05) is 5.54 Å². The molecule has 16 heavy (non-hydrogen) atoms. The Kier molecular flexibility index (Phi) is 2.78. The highest BCUT2D eigenvalue weighted by atomic mass is 28.4. The molecule has 1 fully saturated rings. The highest BCUT2D eigenvalue weighted by Gasteiger charge is 2.48. The quantitative estimate of drug-likeness (QED) is 0.515. The normalized spacial score (nSPS) is 40.9. The van der Waals surface area contributed by atoms with Crippen molar-refractivity contribution in [2.24, 2.45) is 11.8 Å². The Labute approximate surface area is 98.6 Å². The van der Waals surface area contributed by atoms with E-state index in [1.807, 2.05) is 0 Å². The fraction of sp³-hybridized carbons (Fsp3) is 0.692. The van der Waals surface area contributed by atoms with Crippen molar-refractivity contribution < 1.29 is 8.85 Å². The first kappa shape index (κ1) is 10.8. The van der Waals surface area contributed by atoms with Crippen molar-refractivity contribution in [1.29, 1.82) is 0 Å². The Morgan fingerprint density at radius 1 is 1.06 bits per heavy atom. The number of rotatable bonds is 1. The minimum atomic E-state index is -1.95. The van der Waals surface area contributed by atoms with E-state index in [9.17, 15) is 0 Å². The molecular weight excluding hydrogens is 216 g/mol. The number of hydrogen-bond donors (Lipinski definition) is 0. The molecule has 4 rings (SSSR count). The number of hydrogen-bond acceptors (Lipinski definition) is 2. The lowest BCUT2D eigenvalue weighted by Gasteiger charge is -2.44. The van der Waals surface area contributed by atoms with E-state index in [1.165, 1.54) is 19.3 Å². The van der Waals surface area contributed by atoms with Gasteiger partial charge in [-0.05, 0) is 37.6 Å². The van der Waals surface area contributed by atoms with E-state index in [1.54, 1.807) is 0 Å². The Balaban J connectivity index is 1.79. The summed E-state index contributed by atoms with van der Waals surface area (Å²) >= 11 is 0. The summed E-state index contributed by atoms with van der Waals surface area (Å²) in [5, 5.41) is 0. The molecule has 0 spiro atoms. The van der Waals surface area contributed by atoms with Crippen molar-refractivity contribution in [2.75, 3.05) is 13.2 Å². The molecule has 0 amide bonds. The molecule has 4 aliphatic rings. The van der Waals surface area contributed by atoms with Crippen LogP contribution in [0.3, 0.4) is 0 Å². The first-order chi connectivity index (χ1) is 7.78. The van der Waals surface area contributed by atoms with E-state index < -0.39 is 8.56 Å². The number of fused-ring (bicyclic) bond motifs is 2. The molecule has 1 saturated carbocycles. The monoisotopic (exact) mass is 236 g/mol. The molecule has 0 aromatic rings. The predicted octanol–water partition coefficient (Wildman–Crippen LogP) is 3.02. The van der Waals surface area contributed by atoms with Crippen LogP contribution in [0.25, 0.3) is 0 Å². The predicted molar refractivity (Wildman–Crippen MR) is 66.4 cm³/mol. The van der Waals surface area contributed by atoms with Crippen LogP contribution in [0, 0.1) is 11.8 Å². The van der Waals surface area contributed by atoms with Crippen molar-refractivity contribution in [3.05, 3.63) is 24.3 Å². The summed E-state index contributed by atoms with van der Waals surface area (Å²) in [5.74, 6) is 1.52. The summed E-state index contributed by atoms with van der Waals surface area (Å²) in [7, 11) is -1.95. The highest BCUT2D eigenvalue weighted by molar-refractivity contribution is 6.67. The molecule has 3 atom stereocenters. The molecule has 3 unspecified atom stereocenters. The Morgan fingerprint density at radius 2 is 1.81 bits per heavy atom. The maximum atomic E-state index is 6.08. The van der Waals surface area contributed by atoms with Crippen LogP contribution in [-0.4, -0.2) is 21.8 Å². The van der Waals surface area contributed by atoms with Gasteiger partial charge in [-0.15, -0.1) is 0 Å². The van der Waals surface area contributed by atoms with E-state index in [4.69, 9.17) is 8.85 Å². The van der Waals surface area contributed by atoms with Gasteiger partial charge in [0.15, 0.2) is 0 Å². The smallest absolute Gasteiger partial charge is 0.339 e. The topological polar surface area (TPSA) is 18.5 Å². The molecule has 2 bridgehead atoms. The van der Waals surface area contributed by atoms with Gasteiger partial charge in [0.25, 0.3) is 0 Å². The Bertz CT molecular complexity index is 314. The fourth-order valence-electron chi connectivity index (χ4n) is 3.35. The third-order valence-corrected chi connectivity index (χ3v) is 7.84. The largest absolute Gasteiger partial charge is 0.390 e. The van der Waals surface area contributed by atoms with Gasteiger partial charge < -0.3 is 8.85 Å². The van der Waals surface area contributed by atoms with Crippen LogP contribution in [0.2, 0.25) is 12.1 Å². The third-order valence-electron chi connectivity index (χ3n) is 4.35. The molecule has 1 aliphatic heterocycles. The standard InChI is InChI=1S/C13H20O2Si/c1-16(14-8-2-3-9-15-16)13-10-11-4-6-12(13)7-5-11/h2-4,6,11-13H,5,7-10H2,1H3. The first-order valence-corrected chi connectivity index (χ1v) is 8.78. The van der Waals surface area contributed by atoms with Crippen LogP contribution in [0.4, 0.5) is 0 Å².